The maximum atomic E-state index is 13.0. The van der Waals surface area contributed by atoms with Crippen molar-refractivity contribution in [2.75, 3.05) is 27.3 Å². The minimum Gasteiger partial charge on any atom is -0.493 e. The standard InChI is InChI=1S/C24H29NO4/c1-28-21-13-18-19(14-22(21)29-2)24(27)20(23(18)26)12-16-8-10-25(11-9-16)15-17-6-4-3-5-7-17/h3-7,13-14,16,20,23,26H,8-12,15H2,1-2H3/t20-,23+/m1/s1. The number of ketones is 1. The molecule has 1 aliphatic carbocycles. The van der Waals surface area contributed by atoms with Crippen molar-refractivity contribution in [3.05, 3.63) is 59.2 Å². The first-order valence-electron chi connectivity index (χ1n) is 10.3. The van der Waals surface area contributed by atoms with E-state index in [9.17, 15) is 9.90 Å². The van der Waals surface area contributed by atoms with Crippen LogP contribution in [0.4, 0.5) is 0 Å². The predicted octanol–water partition coefficient (Wildman–Crippen LogP) is 3.85. The SMILES string of the molecule is COc1cc2c(cc1OC)[C@H](O)[C@@H](CC1CCN(Cc3ccccc3)CC1)C2=O. The van der Waals surface area contributed by atoms with Crippen LogP contribution in [0.3, 0.4) is 0 Å². The van der Waals surface area contributed by atoms with Gasteiger partial charge in [-0.3, -0.25) is 9.69 Å². The zero-order valence-electron chi connectivity index (χ0n) is 17.1. The minimum atomic E-state index is -0.764. The Morgan fingerprint density at radius 3 is 2.34 bits per heavy atom. The fourth-order valence-corrected chi connectivity index (χ4v) is 4.73. The zero-order valence-corrected chi connectivity index (χ0v) is 17.1. The lowest BCUT2D eigenvalue weighted by atomic mass is 9.84. The van der Waals surface area contributed by atoms with Crippen molar-refractivity contribution < 1.29 is 19.4 Å². The van der Waals surface area contributed by atoms with Crippen molar-refractivity contribution in [2.45, 2.75) is 31.9 Å². The van der Waals surface area contributed by atoms with E-state index in [4.69, 9.17) is 9.47 Å². The zero-order chi connectivity index (χ0) is 20.4. The largest absolute Gasteiger partial charge is 0.493 e. The Morgan fingerprint density at radius 2 is 1.69 bits per heavy atom. The van der Waals surface area contributed by atoms with Gasteiger partial charge in [-0.1, -0.05) is 30.3 Å². The normalized spacial score (nSPS) is 22.5. The summed E-state index contributed by atoms with van der Waals surface area (Å²) < 4.78 is 10.7. The van der Waals surface area contributed by atoms with Crippen LogP contribution in [0.1, 0.15) is 46.9 Å². The number of fused-ring (bicyclic) bond motifs is 1. The first-order chi connectivity index (χ1) is 14.1. The van der Waals surface area contributed by atoms with E-state index in [1.54, 1.807) is 26.4 Å². The number of rotatable bonds is 6. The van der Waals surface area contributed by atoms with Gasteiger partial charge in [-0.05, 0) is 61.5 Å². The Morgan fingerprint density at radius 1 is 1.03 bits per heavy atom. The summed E-state index contributed by atoms with van der Waals surface area (Å²) in [4.78, 5) is 15.5. The van der Waals surface area contributed by atoms with Crippen molar-refractivity contribution in [1.29, 1.82) is 0 Å². The van der Waals surface area contributed by atoms with E-state index >= 15 is 0 Å². The van der Waals surface area contributed by atoms with Crippen LogP contribution in [0.2, 0.25) is 0 Å². The van der Waals surface area contributed by atoms with Crippen LogP contribution in [-0.2, 0) is 6.54 Å². The van der Waals surface area contributed by atoms with E-state index < -0.39 is 6.10 Å². The summed E-state index contributed by atoms with van der Waals surface area (Å²) >= 11 is 0. The molecule has 0 bridgehead atoms. The maximum Gasteiger partial charge on any atom is 0.169 e. The van der Waals surface area contributed by atoms with Gasteiger partial charge in [-0.25, -0.2) is 0 Å². The second kappa shape index (κ2) is 8.56. The number of aliphatic hydroxyl groups excluding tert-OH is 1. The number of carbonyl (C=O) groups excluding carboxylic acids is 1. The van der Waals surface area contributed by atoms with Crippen LogP contribution in [-0.4, -0.2) is 43.1 Å². The number of nitrogens with zero attached hydrogens (tertiary/aromatic N) is 1. The van der Waals surface area contributed by atoms with Gasteiger partial charge in [0.2, 0.25) is 0 Å². The molecule has 2 aromatic carbocycles. The maximum absolute atomic E-state index is 13.0. The second-order valence-electron chi connectivity index (χ2n) is 8.15. The molecule has 0 spiro atoms. The Labute approximate surface area is 172 Å². The van der Waals surface area contributed by atoms with Gasteiger partial charge in [0.15, 0.2) is 17.3 Å². The Kier molecular flexibility index (Phi) is 5.88. The van der Waals surface area contributed by atoms with Gasteiger partial charge in [0.25, 0.3) is 0 Å². The molecule has 1 fully saturated rings. The van der Waals surface area contributed by atoms with Crippen LogP contribution < -0.4 is 9.47 Å². The Balaban J connectivity index is 1.38. The number of hydrogen-bond acceptors (Lipinski definition) is 5. The summed E-state index contributed by atoms with van der Waals surface area (Å²) in [5, 5.41) is 10.8. The van der Waals surface area contributed by atoms with Gasteiger partial charge >= 0.3 is 0 Å². The summed E-state index contributed by atoms with van der Waals surface area (Å²) in [5.74, 6) is 1.20. The van der Waals surface area contributed by atoms with Crippen molar-refractivity contribution in [2.24, 2.45) is 11.8 Å². The number of carbonyl (C=O) groups is 1. The first kappa shape index (κ1) is 19.9. The molecule has 4 rings (SSSR count). The van der Waals surface area contributed by atoms with E-state index in [1.807, 2.05) is 6.07 Å². The summed E-state index contributed by atoms with van der Waals surface area (Å²) in [7, 11) is 3.12. The molecule has 2 atom stereocenters. The number of methoxy groups -OCH3 is 2. The van der Waals surface area contributed by atoms with Gasteiger partial charge in [0.1, 0.15) is 0 Å². The lowest BCUT2D eigenvalue weighted by Gasteiger charge is -2.33. The van der Waals surface area contributed by atoms with Crippen LogP contribution in [0.5, 0.6) is 11.5 Å². The fourth-order valence-electron chi connectivity index (χ4n) is 4.73. The van der Waals surface area contributed by atoms with E-state index in [0.717, 1.165) is 38.9 Å². The van der Waals surface area contributed by atoms with Gasteiger partial charge in [-0.15, -0.1) is 0 Å². The van der Waals surface area contributed by atoms with Gasteiger partial charge in [-0.2, -0.15) is 0 Å². The molecule has 0 unspecified atom stereocenters. The van der Waals surface area contributed by atoms with Crippen molar-refractivity contribution in [3.63, 3.8) is 0 Å². The number of Topliss-reactive ketones (excluding diaryl/α,β-unsaturated/α-hetero) is 1. The number of ether oxygens (including phenoxy) is 2. The van der Waals surface area contributed by atoms with Gasteiger partial charge < -0.3 is 14.6 Å². The van der Waals surface area contributed by atoms with Crippen LogP contribution in [0.15, 0.2) is 42.5 Å². The molecule has 2 aliphatic rings. The van der Waals surface area contributed by atoms with Crippen LogP contribution in [0.25, 0.3) is 0 Å². The van der Waals surface area contributed by atoms with E-state index in [1.165, 1.54) is 5.56 Å². The van der Waals surface area contributed by atoms with E-state index in [-0.39, 0.29) is 11.7 Å². The molecule has 2 aromatic rings. The third-order valence-electron chi connectivity index (χ3n) is 6.40. The molecule has 0 amide bonds. The second-order valence-corrected chi connectivity index (χ2v) is 8.15. The predicted molar refractivity (Wildman–Crippen MR) is 111 cm³/mol. The Hall–Kier alpha value is -2.37. The molecule has 5 heteroatoms. The number of benzene rings is 2. The molecule has 1 aliphatic heterocycles. The first-order valence-corrected chi connectivity index (χ1v) is 10.3. The molecule has 0 aromatic heterocycles. The molecule has 154 valence electrons. The summed E-state index contributed by atoms with van der Waals surface area (Å²) in [5.41, 5.74) is 2.58. The van der Waals surface area contributed by atoms with E-state index in [0.29, 0.717) is 28.5 Å². The molecule has 29 heavy (non-hydrogen) atoms. The monoisotopic (exact) mass is 395 g/mol. The van der Waals surface area contributed by atoms with Crippen molar-refractivity contribution >= 4 is 5.78 Å². The molecule has 0 radical (unpaired) electrons. The van der Waals surface area contributed by atoms with Gasteiger partial charge in [0.05, 0.1) is 26.2 Å². The molecular weight excluding hydrogens is 366 g/mol. The number of piperidine rings is 1. The average Bonchev–Trinajstić information content (AvgIpc) is 2.99. The third-order valence-corrected chi connectivity index (χ3v) is 6.40. The number of aliphatic hydroxyl groups is 1. The van der Waals surface area contributed by atoms with E-state index in [2.05, 4.69) is 29.2 Å². The lowest BCUT2D eigenvalue weighted by Crippen LogP contribution is -2.34. The number of hydrogen-bond donors (Lipinski definition) is 1. The van der Waals surface area contributed by atoms with Crippen LogP contribution >= 0.6 is 0 Å². The third kappa shape index (κ3) is 4.02. The topological polar surface area (TPSA) is 59.0 Å². The molecule has 1 heterocycles. The summed E-state index contributed by atoms with van der Waals surface area (Å²) in [6, 6.07) is 14.0. The van der Waals surface area contributed by atoms with Crippen LogP contribution in [0, 0.1) is 11.8 Å². The minimum absolute atomic E-state index is 0.0279. The fraction of sp³-hybridized carbons (Fsp3) is 0.458. The molecule has 1 N–H and O–H groups in total. The average molecular weight is 395 g/mol. The number of likely N-dealkylation sites (tertiary alicyclic amines) is 1. The Bertz CT molecular complexity index is 859. The summed E-state index contributed by atoms with van der Waals surface area (Å²) in [6.45, 7) is 3.04. The highest BCUT2D eigenvalue weighted by molar-refractivity contribution is 6.03. The quantitative estimate of drug-likeness (QED) is 0.805. The lowest BCUT2D eigenvalue weighted by molar-refractivity contribution is 0.0644. The van der Waals surface area contributed by atoms with Crippen molar-refractivity contribution in [3.8, 4) is 11.5 Å². The summed E-state index contributed by atoms with van der Waals surface area (Å²) in [6.07, 6.45) is 2.09. The molecule has 0 saturated carbocycles. The van der Waals surface area contributed by atoms with Gasteiger partial charge in [0, 0.05) is 12.1 Å². The van der Waals surface area contributed by atoms with Crippen molar-refractivity contribution in [1.82, 2.24) is 4.90 Å². The molecule has 1 saturated heterocycles. The molecular formula is C24H29NO4. The smallest absolute Gasteiger partial charge is 0.169 e. The molecule has 5 nitrogen and oxygen atoms in total. The highest BCUT2D eigenvalue weighted by Gasteiger charge is 2.41. The highest BCUT2D eigenvalue weighted by Crippen LogP contribution is 2.45. The highest BCUT2D eigenvalue weighted by atomic mass is 16.5.